The van der Waals surface area contributed by atoms with Gasteiger partial charge in [-0.2, -0.15) is 0 Å². The van der Waals surface area contributed by atoms with Crippen molar-refractivity contribution in [2.75, 3.05) is 10.0 Å². The van der Waals surface area contributed by atoms with Gasteiger partial charge in [-0.3, -0.25) is 9.52 Å². The van der Waals surface area contributed by atoms with Crippen molar-refractivity contribution in [2.45, 2.75) is 28.9 Å². The summed E-state index contributed by atoms with van der Waals surface area (Å²) in [5.74, 6) is -0.135. The van der Waals surface area contributed by atoms with Crippen LogP contribution in [0.3, 0.4) is 0 Å². The third-order valence-electron chi connectivity index (χ3n) is 3.78. The van der Waals surface area contributed by atoms with Gasteiger partial charge in [-0.15, -0.1) is 23.1 Å². The fourth-order valence-electron chi connectivity index (χ4n) is 2.28. The van der Waals surface area contributed by atoms with E-state index in [9.17, 15) is 13.2 Å². The van der Waals surface area contributed by atoms with E-state index in [1.54, 1.807) is 60.1 Å². The molecule has 0 saturated heterocycles. The highest BCUT2D eigenvalue weighted by Crippen LogP contribution is 2.26. The average Bonchev–Trinajstić information content (AvgIpc) is 3.16. The van der Waals surface area contributed by atoms with E-state index in [-0.39, 0.29) is 16.1 Å². The number of anilines is 2. The second-order valence-electron chi connectivity index (χ2n) is 6.03. The molecule has 3 rings (SSSR count). The molecule has 0 spiro atoms. The van der Waals surface area contributed by atoms with Crippen LogP contribution in [-0.2, 0) is 14.8 Å². The maximum atomic E-state index is 12.4. The van der Waals surface area contributed by atoms with Crippen molar-refractivity contribution in [3.63, 3.8) is 0 Å². The monoisotopic (exact) mass is 433 g/mol. The number of nitrogens with zero attached hydrogens (tertiary/aromatic N) is 1. The predicted octanol–water partition coefficient (Wildman–Crippen LogP) is 4.37. The fraction of sp³-hybridized carbons (Fsp3) is 0.158. The largest absolute Gasteiger partial charge is 0.301 e. The second kappa shape index (κ2) is 8.76. The summed E-state index contributed by atoms with van der Waals surface area (Å²) >= 11 is 2.75. The number of hydrogen-bond donors (Lipinski definition) is 2. The Morgan fingerprint density at radius 1 is 1.11 bits per heavy atom. The maximum absolute atomic E-state index is 12.4. The van der Waals surface area contributed by atoms with Crippen molar-refractivity contribution in [1.82, 2.24) is 4.98 Å². The van der Waals surface area contributed by atoms with Crippen molar-refractivity contribution < 1.29 is 13.2 Å². The zero-order chi connectivity index (χ0) is 20.1. The fourth-order valence-corrected chi connectivity index (χ4v) is 4.74. The third-order valence-corrected chi connectivity index (χ3v) is 6.98. The Morgan fingerprint density at radius 2 is 1.79 bits per heavy atom. The number of aryl methyl sites for hydroxylation is 1. The minimum atomic E-state index is -3.64. The van der Waals surface area contributed by atoms with E-state index >= 15 is 0 Å². The minimum absolute atomic E-state index is 0.135. The zero-order valence-corrected chi connectivity index (χ0v) is 17.7. The summed E-state index contributed by atoms with van der Waals surface area (Å²) in [6.45, 7) is 3.71. The SMILES string of the molecule is Cc1ccc(S(=O)(=O)Nc2ccc(SC(C)C(=O)Nc3nccs3)cc2)cc1. The molecule has 0 aliphatic heterocycles. The number of amides is 1. The Balaban J connectivity index is 1.61. The summed E-state index contributed by atoms with van der Waals surface area (Å²) in [7, 11) is -3.64. The van der Waals surface area contributed by atoms with Gasteiger partial charge in [0.2, 0.25) is 5.91 Å². The van der Waals surface area contributed by atoms with E-state index in [0.717, 1.165) is 10.5 Å². The lowest BCUT2D eigenvalue weighted by Crippen LogP contribution is -2.22. The molecule has 1 heterocycles. The normalized spacial score (nSPS) is 12.4. The van der Waals surface area contributed by atoms with Gasteiger partial charge in [-0.05, 0) is 50.2 Å². The Hall–Kier alpha value is -2.36. The molecule has 2 aromatic carbocycles. The highest BCUT2D eigenvalue weighted by molar-refractivity contribution is 8.00. The molecule has 0 saturated carbocycles. The Bertz CT molecular complexity index is 1030. The molecular weight excluding hydrogens is 414 g/mol. The van der Waals surface area contributed by atoms with Crippen LogP contribution in [-0.4, -0.2) is 24.6 Å². The highest BCUT2D eigenvalue weighted by Gasteiger charge is 2.16. The molecule has 1 unspecified atom stereocenters. The first kappa shape index (κ1) is 20.4. The molecule has 6 nitrogen and oxygen atoms in total. The van der Waals surface area contributed by atoms with Gasteiger partial charge in [-0.25, -0.2) is 13.4 Å². The molecule has 1 amide bonds. The van der Waals surface area contributed by atoms with Gasteiger partial charge in [0.1, 0.15) is 0 Å². The molecule has 0 bridgehead atoms. The van der Waals surface area contributed by atoms with Crippen molar-refractivity contribution in [3.05, 3.63) is 65.7 Å². The van der Waals surface area contributed by atoms with Crippen molar-refractivity contribution in [1.29, 1.82) is 0 Å². The highest BCUT2D eigenvalue weighted by atomic mass is 32.2. The van der Waals surface area contributed by atoms with Gasteiger partial charge < -0.3 is 5.32 Å². The van der Waals surface area contributed by atoms with Crippen LogP contribution in [0.2, 0.25) is 0 Å². The molecule has 2 N–H and O–H groups in total. The molecule has 0 fully saturated rings. The summed E-state index contributed by atoms with van der Waals surface area (Å²) in [4.78, 5) is 17.3. The summed E-state index contributed by atoms with van der Waals surface area (Å²) in [5, 5.41) is 4.81. The third kappa shape index (κ3) is 5.34. The van der Waals surface area contributed by atoms with Gasteiger partial charge in [0.05, 0.1) is 10.1 Å². The van der Waals surface area contributed by atoms with E-state index in [1.807, 2.05) is 13.8 Å². The van der Waals surface area contributed by atoms with Gasteiger partial charge in [-0.1, -0.05) is 17.7 Å². The van der Waals surface area contributed by atoms with E-state index in [2.05, 4.69) is 15.0 Å². The van der Waals surface area contributed by atoms with Crippen molar-refractivity contribution in [3.8, 4) is 0 Å². The van der Waals surface area contributed by atoms with Crippen LogP contribution in [0.1, 0.15) is 12.5 Å². The van der Waals surface area contributed by atoms with E-state index < -0.39 is 10.0 Å². The lowest BCUT2D eigenvalue weighted by atomic mass is 10.2. The van der Waals surface area contributed by atoms with Gasteiger partial charge in [0, 0.05) is 22.2 Å². The van der Waals surface area contributed by atoms with Gasteiger partial charge in [0.15, 0.2) is 5.13 Å². The first-order valence-electron chi connectivity index (χ1n) is 8.40. The molecular formula is C19H19N3O3S3. The predicted molar refractivity (Wildman–Crippen MR) is 114 cm³/mol. The van der Waals surface area contributed by atoms with Gasteiger partial charge in [0.25, 0.3) is 10.0 Å². The standard InChI is InChI=1S/C19H19N3O3S3/c1-13-3-9-17(10-4-13)28(24,25)22-15-5-7-16(8-6-15)27-14(2)18(23)21-19-20-11-12-26-19/h3-12,14,22H,1-2H3,(H,20,21,23). The second-order valence-corrected chi connectivity index (χ2v) is 10.0. The Labute approximate surface area is 172 Å². The molecule has 0 aliphatic rings. The number of sulfonamides is 1. The van der Waals surface area contributed by atoms with Crippen molar-refractivity contribution >= 4 is 49.8 Å². The molecule has 1 aromatic heterocycles. The maximum Gasteiger partial charge on any atom is 0.261 e. The lowest BCUT2D eigenvalue weighted by Gasteiger charge is -2.12. The van der Waals surface area contributed by atoms with E-state index in [4.69, 9.17) is 0 Å². The molecule has 3 aromatic rings. The minimum Gasteiger partial charge on any atom is -0.301 e. The number of benzene rings is 2. The van der Waals surface area contributed by atoms with Crippen molar-refractivity contribution in [2.24, 2.45) is 0 Å². The number of rotatable bonds is 7. The number of aromatic nitrogens is 1. The quantitative estimate of drug-likeness (QED) is 0.540. The number of thioether (sulfide) groups is 1. The summed E-state index contributed by atoms with van der Waals surface area (Å²) in [6, 6.07) is 13.6. The molecule has 1 atom stereocenters. The first-order chi connectivity index (χ1) is 13.3. The molecule has 146 valence electrons. The van der Waals surface area contributed by atoms with Gasteiger partial charge >= 0.3 is 0 Å². The molecule has 9 heteroatoms. The van der Waals surface area contributed by atoms with E-state index in [1.165, 1.54) is 23.1 Å². The van der Waals surface area contributed by atoms with Crippen LogP contribution >= 0.6 is 23.1 Å². The van der Waals surface area contributed by atoms with Crippen LogP contribution in [0.4, 0.5) is 10.8 Å². The Morgan fingerprint density at radius 3 is 2.39 bits per heavy atom. The summed E-state index contributed by atoms with van der Waals surface area (Å²) in [6.07, 6.45) is 1.63. The lowest BCUT2D eigenvalue weighted by molar-refractivity contribution is -0.115. The van der Waals surface area contributed by atoms with Crippen LogP contribution < -0.4 is 10.0 Å². The number of thiazole rings is 1. The number of carbonyl (C=O) groups excluding carboxylic acids is 1. The van der Waals surface area contributed by atoms with Crippen LogP contribution in [0.15, 0.2) is 69.9 Å². The molecule has 0 radical (unpaired) electrons. The number of nitrogens with one attached hydrogen (secondary N) is 2. The van der Waals surface area contributed by atoms with Crippen LogP contribution in [0.25, 0.3) is 0 Å². The molecule has 28 heavy (non-hydrogen) atoms. The van der Waals surface area contributed by atoms with E-state index in [0.29, 0.717) is 10.8 Å². The first-order valence-corrected chi connectivity index (χ1v) is 11.6. The summed E-state index contributed by atoms with van der Waals surface area (Å²) in [5.41, 5.74) is 1.46. The number of carbonyl (C=O) groups is 1. The smallest absolute Gasteiger partial charge is 0.261 e. The van der Waals surface area contributed by atoms with Crippen LogP contribution in [0.5, 0.6) is 0 Å². The number of hydrogen-bond acceptors (Lipinski definition) is 6. The topological polar surface area (TPSA) is 88.2 Å². The molecule has 0 aliphatic carbocycles. The Kier molecular flexibility index (Phi) is 6.38. The summed E-state index contributed by atoms with van der Waals surface area (Å²) < 4.78 is 27.4. The van der Waals surface area contributed by atoms with Crippen LogP contribution in [0, 0.1) is 6.92 Å². The average molecular weight is 434 g/mol. The zero-order valence-electron chi connectivity index (χ0n) is 15.2.